The molecule has 0 spiro atoms. The third-order valence-electron chi connectivity index (χ3n) is 4.42. The molecule has 0 aromatic heterocycles. The van der Waals surface area contributed by atoms with Crippen LogP contribution < -0.4 is 4.74 Å². The Balaban J connectivity index is 2.17. The van der Waals surface area contributed by atoms with E-state index in [2.05, 4.69) is 6.58 Å². The van der Waals surface area contributed by atoms with Gasteiger partial charge in [-0.25, -0.2) is 8.78 Å². The number of methoxy groups -OCH3 is 1. The van der Waals surface area contributed by atoms with Crippen molar-refractivity contribution in [3.8, 4) is 16.9 Å². The van der Waals surface area contributed by atoms with Crippen molar-refractivity contribution < 1.29 is 23.0 Å². The fourth-order valence-corrected chi connectivity index (χ4v) is 2.97. The molecular formula is C24H28F2O3. The average molecular weight is 402 g/mol. The second-order valence-electron chi connectivity index (χ2n) is 7.97. The highest BCUT2D eigenvalue weighted by atomic mass is 19.3. The van der Waals surface area contributed by atoms with Gasteiger partial charge in [-0.15, -0.1) is 6.58 Å². The van der Waals surface area contributed by atoms with Crippen molar-refractivity contribution in [2.24, 2.45) is 5.92 Å². The summed E-state index contributed by atoms with van der Waals surface area (Å²) in [5, 5.41) is 0. The van der Waals surface area contributed by atoms with E-state index < -0.39 is 29.8 Å². The van der Waals surface area contributed by atoms with Crippen molar-refractivity contribution in [3.63, 3.8) is 0 Å². The minimum atomic E-state index is -3.16. The summed E-state index contributed by atoms with van der Waals surface area (Å²) in [6.07, 6.45) is 0.974. The standard InChI is InChI=1S/C24H28F2O3/c1-6-7-19(22(27)29-23(2,3)4)16-24(25,26)20-12-8-17(9-13-20)18-10-14-21(28-5)15-11-18/h6,8-15,19H,1,7,16H2,2-5H3. The molecule has 29 heavy (non-hydrogen) atoms. The van der Waals surface area contributed by atoms with Crippen LogP contribution in [-0.4, -0.2) is 18.7 Å². The van der Waals surface area contributed by atoms with Crippen LogP contribution in [0.1, 0.15) is 39.2 Å². The summed E-state index contributed by atoms with van der Waals surface area (Å²) in [6.45, 7) is 8.72. The third kappa shape index (κ3) is 6.41. The fourth-order valence-electron chi connectivity index (χ4n) is 2.97. The lowest BCUT2D eigenvalue weighted by atomic mass is 9.92. The molecule has 0 saturated heterocycles. The monoisotopic (exact) mass is 402 g/mol. The molecule has 0 aliphatic rings. The number of carbonyl (C=O) groups excluding carboxylic acids is 1. The molecule has 3 nitrogen and oxygen atoms in total. The zero-order valence-corrected chi connectivity index (χ0v) is 17.4. The maximum Gasteiger partial charge on any atom is 0.310 e. The molecule has 1 atom stereocenters. The number of alkyl halides is 2. The molecule has 2 aromatic rings. The van der Waals surface area contributed by atoms with E-state index in [0.29, 0.717) is 0 Å². The van der Waals surface area contributed by atoms with Crippen LogP contribution in [-0.2, 0) is 15.5 Å². The lowest BCUT2D eigenvalue weighted by Crippen LogP contribution is -2.31. The van der Waals surface area contributed by atoms with Crippen molar-refractivity contribution in [1.29, 1.82) is 0 Å². The van der Waals surface area contributed by atoms with Gasteiger partial charge in [0.05, 0.1) is 13.0 Å². The second kappa shape index (κ2) is 9.21. The molecule has 0 amide bonds. The summed E-state index contributed by atoms with van der Waals surface area (Å²) < 4.78 is 40.2. The van der Waals surface area contributed by atoms with Crippen LogP contribution in [0, 0.1) is 5.92 Å². The van der Waals surface area contributed by atoms with Gasteiger partial charge in [-0.2, -0.15) is 0 Å². The summed E-state index contributed by atoms with van der Waals surface area (Å²) in [4.78, 5) is 12.3. The molecule has 0 saturated carbocycles. The van der Waals surface area contributed by atoms with Gasteiger partial charge in [0.2, 0.25) is 0 Å². The molecule has 0 aliphatic heterocycles. The first-order chi connectivity index (χ1) is 13.6. The number of benzene rings is 2. The molecule has 0 radical (unpaired) electrons. The van der Waals surface area contributed by atoms with Crippen LogP contribution >= 0.6 is 0 Å². The fraction of sp³-hybridized carbons (Fsp3) is 0.375. The Kier molecular flexibility index (Phi) is 7.17. The van der Waals surface area contributed by atoms with E-state index in [-0.39, 0.29) is 12.0 Å². The van der Waals surface area contributed by atoms with Crippen molar-refractivity contribution in [1.82, 2.24) is 0 Å². The number of hydrogen-bond donors (Lipinski definition) is 0. The maximum absolute atomic E-state index is 14.9. The molecule has 2 rings (SSSR count). The average Bonchev–Trinajstić information content (AvgIpc) is 2.66. The van der Waals surface area contributed by atoms with Crippen LogP contribution in [0.4, 0.5) is 8.78 Å². The summed E-state index contributed by atoms with van der Waals surface area (Å²) >= 11 is 0. The molecule has 0 bridgehead atoms. The highest BCUT2D eigenvalue weighted by Crippen LogP contribution is 2.37. The number of ether oxygens (including phenoxy) is 2. The predicted molar refractivity (Wildman–Crippen MR) is 111 cm³/mol. The molecule has 0 heterocycles. The van der Waals surface area contributed by atoms with Gasteiger partial charge in [-0.1, -0.05) is 42.5 Å². The Morgan fingerprint density at radius 1 is 1.03 bits per heavy atom. The number of halogens is 2. The van der Waals surface area contributed by atoms with E-state index in [1.54, 1.807) is 40.0 Å². The summed E-state index contributed by atoms with van der Waals surface area (Å²) in [7, 11) is 1.59. The zero-order chi connectivity index (χ0) is 21.7. The Labute approximate surface area is 171 Å². The Morgan fingerprint density at radius 3 is 2.00 bits per heavy atom. The molecule has 5 heteroatoms. The van der Waals surface area contributed by atoms with Gasteiger partial charge in [0, 0.05) is 12.0 Å². The lowest BCUT2D eigenvalue weighted by Gasteiger charge is -2.26. The second-order valence-corrected chi connectivity index (χ2v) is 7.97. The third-order valence-corrected chi connectivity index (χ3v) is 4.42. The van der Waals surface area contributed by atoms with Crippen LogP contribution in [0.5, 0.6) is 5.75 Å². The van der Waals surface area contributed by atoms with Crippen LogP contribution in [0.15, 0.2) is 61.2 Å². The molecule has 0 fully saturated rings. The first-order valence-electron chi connectivity index (χ1n) is 9.52. The van der Waals surface area contributed by atoms with Gasteiger partial charge in [0.25, 0.3) is 5.92 Å². The Bertz CT molecular complexity index is 819. The van der Waals surface area contributed by atoms with Gasteiger partial charge >= 0.3 is 5.97 Å². The van der Waals surface area contributed by atoms with E-state index >= 15 is 0 Å². The molecule has 0 aliphatic carbocycles. The van der Waals surface area contributed by atoms with E-state index in [1.165, 1.54) is 18.2 Å². The Morgan fingerprint density at radius 2 is 1.55 bits per heavy atom. The first kappa shape index (κ1) is 22.6. The molecule has 1 unspecified atom stereocenters. The first-order valence-corrected chi connectivity index (χ1v) is 9.52. The minimum Gasteiger partial charge on any atom is -0.497 e. The van der Waals surface area contributed by atoms with Gasteiger partial charge < -0.3 is 9.47 Å². The predicted octanol–water partition coefficient (Wildman–Crippen LogP) is 6.38. The minimum absolute atomic E-state index is 0.132. The quantitative estimate of drug-likeness (QED) is 0.380. The molecule has 156 valence electrons. The summed E-state index contributed by atoms with van der Waals surface area (Å²) in [5.41, 5.74) is 0.861. The largest absolute Gasteiger partial charge is 0.497 e. The van der Waals surface area contributed by atoms with E-state index in [4.69, 9.17) is 9.47 Å². The van der Waals surface area contributed by atoms with Gasteiger partial charge in [-0.3, -0.25) is 4.79 Å². The molecular weight excluding hydrogens is 374 g/mol. The van der Waals surface area contributed by atoms with Crippen molar-refractivity contribution >= 4 is 5.97 Å². The van der Waals surface area contributed by atoms with Gasteiger partial charge in [0.15, 0.2) is 0 Å². The van der Waals surface area contributed by atoms with Crippen LogP contribution in [0.3, 0.4) is 0 Å². The number of rotatable bonds is 8. The zero-order valence-electron chi connectivity index (χ0n) is 17.4. The maximum atomic E-state index is 14.9. The van der Waals surface area contributed by atoms with Crippen molar-refractivity contribution in [3.05, 3.63) is 66.7 Å². The van der Waals surface area contributed by atoms with Crippen molar-refractivity contribution in [2.45, 2.75) is 45.1 Å². The number of carbonyl (C=O) groups is 1. The number of esters is 1. The van der Waals surface area contributed by atoms with E-state index in [0.717, 1.165) is 16.9 Å². The smallest absolute Gasteiger partial charge is 0.310 e. The van der Waals surface area contributed by atoms with Gasteiger partial charge in [0.1, 0.15) is 11.4 Å². The molecule has 2 aromatic carbocycles. The van der Waals surface area contributed by atoms with Crippen LogP contribution in [0.25, 0.3) is 11.1 Å². The topological polar surface area (TPSA) is 35.5 Å². The van der Waals surface area contributed by atoms with Crippen molar-refractivity contribution in [2.75, 3.05) is 7.11 Å². The van der Waals surface area contributed by atoms with E-state index in [1.807, 2.05) is 24.3 Å². The van der Waals surface area contributed by atoms with E-state index in [9.17, 15) is 13.6 Å². The highest BCUT2D eigenvalue weighted by Gasteiger charge is 2.38. The van der Waals surface area contributed by atoms with Crippen LogP contribution in [0.2, 0.25) is 0 Å². The molecule has 0 N–H and O–H groups in total. The SMILES string of the molecule is C=CCC(CC(F)(F)c1ccc(-c2ccc(OC)cc2)cc1)C(=O)OC(C)(C)C. The van der Waals surface area contributed by atoms with Gasteiger partial charge in [-0.05, 0) is 50.5 Å². The number of hydrogen-bond acceptors (Lipinski definition) is 3. The number of allylic oxidation sites excluding steroid dienone is 1. The Hall–Kier alpha value is -2.69. The normalized spacial score (nSPS) is 12.9. The summed E-state index contributed by atoms with van der Waals surface area (Å²) in [5.74, 6) is -4.02. The lowest BCUT2D eigenvalue weighted by molar-refractivity contribution is -0.163. The highest BCUT2D eigenvalue weighted by molar-refractivity contribution is 5.73. The summed E-state index contributed by atoms with van der Waals surface area (Å²) in [6, 6.07) is 13.5.